The second kappa shape index (κ2) is 5.51. The van der Waals surface area contributed by atoms with Gasteiger partial charge < -0.3 is 15.5 Å². The van der Waals surface area contributed by atoms with Crippen molar-refractivity contribution in [2.75, 3.05) is 0 Å². The molecule has 19 heavy (non-hydrogen) atoms. The Morgan fingerprint density at radius 2 is 2.11 bits per heavy atom. The maximum Gasteiger partial charge on any atom is 0.255 e. The van der Waals surface area contributed by atoms with Crippen LogP contribution in [0.4, 0.5) is 0 Å². The molecule has 3 unspecified atom stereocenters. The number of benzene rings is 1. The number of amides is 1. The molecule has 1 amide bonds. The maximum absolute atomic E-state index is 12.1. The van der Waals surface area contributed by atoms with E-state index in [0.29, 0.717) is 11.8 Å². The molecule has 0 aliphatic heterocycles. The lowest BCUT2D eigenvalue weighted by Gasteiger charge is -2.21. The molecule has 3 N–H and O–H groups in total. The van der Waals surface area contributed by atoms with Crippen molar-refractivity contribution in [3.05, 3.63) is 23.8 Å². The Hall–Kier alpha value is -1.71. The topological polar surface area (TPSA) is 69.6 Å². The Morgan fingerprint density at radius 1 is 1.37 bits per heavy atom. The molecule has 0 radical (unpaired) electrons. The number of hydrogen-bond donors (Lipinski definition) is 3. The van der Waals surface area contributed by atoms with E-state index in [4.69, 9.17) is 0 Å². The van der Waals surface area contributed by atoms with E-state index in [1.807, 2.05) is 0 Å². The van der Waals surface area contributed by atoms with Gasteiger partial charge in [-0.1, -0.05) is 20.3 Å². The van der Waals surface area contributed by atoms with Gasteiger partial charge in [-0.15, -0.1) is 0 Å². The number of carbonyl (C=O) groups is 1. The van der Waals surface area contributed by atoms with Gasteiger partial charge in [-0.05, 0) is 36.8 Å². The molecule has 0 bridgehead atoms. The van der Waals surface area contributed by atoms with Crippen molar-refractivity contribution in [3.8, 4) is 11.5 Å². The molecular weight excluding hydrogens is 242 g/mol. The Labute approximate surface area is 113 Å². The third-order valence-corrected chi connectivity index (χ3v) is 4.29. The highest BCUT2D eigenvalue weighted by molar-refractivity contribution is 5.97. The van der Waals surface area contributed by atoms with Crippen molar-refractivity contribution in [2.24, 2.45) is 11.8 Å². The minimum atomic E-state index is -0.272. The molecule has 4 heteroatoms. The number of carbonyl (C=O) groups excluding carboxylic acids is 1. The summed E-state index contributed by atoms with van der Waals surface area (Å²) in [5.41, 5.74) is 0.213. The van der Waals surface area contributed by atoms with Crippen LogP contribution in [-0.4, -0.2) is 22.2 Å². The van der Waals surface area contributed by atoms with Gasteiger partial charge >= 0.3 is 0 Å². The summed E-state index contributed by atoms with van der Waals surface area (Å²) in [5.74, 6) is 0.627. The number of aromatic hydroxyl groups is 2. The van der Waals surface area contributed by atoms with Gasteiger partial charge in [0, 0.05) is 12.1 Å². The highest BCUT2D eigenvalue weighted by Crippen LogP contribution is 2.34. The zero-order valence-electron chi connectivity index (χ0n) is 11.4. The fraction of sp³-hybridized carbons (Fsp3) is 0.533. The third kappa shape index (κ3) is 2.83. The summed E-state index contributed by atoms with van der Waals surface area (Å²) >= 11 is 0. The van der Waals surface area contributed by atoms with Crippen molar-refractivity contribution < 1.29 is 15.0 Å². The monoisotopic (exact) mass is 263 g/mol. The van der Waals surface area contributed by atoms with Crippen LogP contribution < -0.4 is 5.32 Å². The summed E-state index contributed by atoms with van der Waals surface area (Å²) in [7, 11) is 0. The van der Waals surface area contributed by atoms with Gasteiger partial charge in [0.2, 0.25) is 0 Å². The van der Waals surface area contributed by atoms with Gasteiger partial charge in [0.1, 0.15) is 11.5 Å². The van der Waals surface area contributed by atoms with Crippen molar-refractivity contribution in [1.29, 1.82) is 0 Å². The van der Waals surface area contributed by atoms with Crippen LogP contribution in [0, 0.1) is 11.8 Å². The molecule has 1 fully saturated rings. The average Bonchev–Trinajstić information content (AvgIpc) is 2.70. The maximum atomic E-state index is 12.1. The lowest BCUT2D eigenvalue weighted by molar-refractivity contribution is 0.0924. The normalized spacial score (nSPS) is 26.3. The average molecular weight is 263 g/mol. The molecule has 0 saturated heterocycles. The number of hydrogen-bond acceptors (Lipinski definition) is 3. The van der Waals surface area contributed by atoms with Crippen LogP contribution in [0.1, 0.15) is 43.5 Å². The van der Waals surface area contributed by atoms with Gasteiger partial charge in [-0.2, -0.15) is 0 Å². The molecule has 1 aromatic rings. The molecule has 0 heterocycles. The van der Waals surface area contributed by atoms with E-state index in [0.717, 1.165) is 19.3 Å². The first-order chi connectivity index (χ1) is 9.02. The predicted molar refractivity (Wildman–Crippen MR) is 73.2 cm³/mol. The SMILES string of the molecule is CCC1CCC(NC(=O)c2ccc(O)cc2O)C1C. The van der Waals surface area contributed by atoms with E-state index >= 15 is 0 Å². The molecule has 4 nitrogen and oxygen atoms in total. The fourth-order valence-corrected chi connectivity index (χ4v) is 2.99. The Kier molecular flexibility index (Phi) is 3.98. The number of rotatable bonds is 3. The van der Waals surface area contributed by atoms with E-state index in [-0.39, 0.29) is 29.0 Å². The van der Waals surface area contributed by atoms with Crippen LogP contribution in [0.25, 0.3) is 0 Å². The molecule has 0 aromatic heterocycles. The molecule has 3 atom stereocenters. The van der Waals surface area contributed by atoms with Crippen LogP contribution in [0.5, 0.6) is 11.5 Å². The highest BCUT2D eigenvalue weighted by Gasteiger charge is 2.32. The predicted octanol–water partition coefficient (Wildman–Crippen LogP) is 2.65. The zero-order chi connectivity index (χ0) is 14.0. The smallest absolute Gasteiger partial charge is 0.255 e. The second-order valence-corrected chi connectivity index (χ2v) is 5.39. The first-order valence-corrected chi connectivity index (χ1v) is 6.85. The molecule has 2 rings (SSSR count). The van der Waals surface area contributed by atoms with Crippen LogP contribution in [-0.2, 0) is 0 Å². The number of nitrogens with one attached hydrogen (secondary N) is 1. The highest BCUT2D eigenvalue weighted by atomic mass is 16.3. The molecule has 104 valence electrons. The van der Waals surface area contributed by atoms with E-state index in [2.05, 4.69) is 19.2 Å². The lowest BCUT2D eigenvalue weighted by atomic mass is 9.93. The van der Waals surface area contributed by atoms with Gasteiger partial charge in [0.25, 0.3) is 5.91 Å². The third-order valence-electron chi connectivity index (χ3n) is 4.29. The largest absolute Gasteiger partial charge is 0.508 e. The van der Waals surface area contributed by atoms with E-state index < -0.39 is 0 Å². The van der Waals surface area contributed by atoms with Crippen molar-refractivity contribution in [1.82, 2.24) is 5.32 Å². The Morgan fingerprint density at radius 3 is 2.68 bits per heavy atom. The molecule has 1 saturated carbocycles. The summed E-state index contributed by atoms with van der Waals surface area (Å²) in [6.45, 7) is 4.35. The van der Waals surface area contributed by atoms with Gasteiger partial charge in [-0.3, -0.25) is 4.79 Å². The van der Waals surface area contributed by atoms with Crippen LogP contribution in [0.15, 0.2) is 18.2 Å². The zero-order valence-corrected chi connectivity index (χ0v) is 11.4. The first-order valence-electron chi connectivity index (χ1n) is 6.85. The lowest BCUT2D eigenvalue weighted by Crippen LogP contribution is -2.37. The van der Waals surface area contributed by atoms with Gasteiger partial charge in [0.15, 0.2) is 0 Å². The molecule has 1 aliphatic carbocycles. The standard InChI is InChI=1S/C15H21NO3/c1-3-10-4-7-13(9(10)2)16-15(19)12-6-5-11(17)8-14(12)18/h5-6,8-10,13,17-18H,3-4,7H2,1-2H3,(H,16,19). The summed E-state index contributed by atoms with van der Waals surface area (Å²) < 4.78 is 0. The van der Waals surface area contributed by atoms with Crippen LogP contribution >= 0.6 is 0 Å². The summed E-state index contributed by atoms with van der Waals surface area (Å²) in [5, 5.41) is 21.9. The van der Waals surface area contributed by atoms with E-state index in [9.17, 15) is 15.0 Å². The van der Waals surface area contributed by atoms with Gasteiger partial charge in [0.05, 0.1) is 5.56 Å². The first kappa shape index (κ1) is 13.7. The molecule has 1 aromatic carbocycles. The van der Waals surface area contributed by atoms with Crippen molar-refractivity contribution in [2.45, 2.75) is 39.2 Å². The van der Waals surface area contributed by atoms with Crippen molar-refractivity contribution >= 4 is 5.91 Å². The fourth-order valence-electron chi connectivity index (χ4n) is 2.99. The minimum absolute atomic E-state index is 0.0469. The summed E-state index contributed by atoms with van der Waals surface area (Å²) in [6.07, 6.45) is 3.27. The van der Waals surface area contributed by atoms with Crippen molar-refractivity contribution in [3.63, 3.8) is 0 Å². The van der Waals surface area contributed by atoms with E-state index in [1.165, 1.54) is 18.2 Å². The van der Waals surface area contributed by atoms with E-state index in [1.54, 1.807) is 0 Å². The molecular formula is C15H21NO3. The van der Waals surface area contributed by atoms with Gasteiger partial charge in [-0.25, -0.2) is 0 Å². The quantitative estimate of drug-likeness (QED) is 0.785. The number of phenols is 2. The van der Waals surface area contributed by atoms with Crippen LogP contribution in [0.2, 0.25) is 0 Å². The van der Waals surface area contributed by atoms with Crippen LogP contribution in [0.3, 0.4) is 0 Å². The summed E-state index contributed by atoms with van der Waals surface area (Å²) in [4.78, 5) is 12.1. The molecule has 0 spiro atoms. The summed E-state index contributed by atoms with van der Waals surface area (Å²) in [6, 6.07) is 4.20. The Bertz CT molecular complexity index is 472. The second-order valence-electron chi connectivity index (χ2n) is 5.39. The molecule has 1 aliphatic rings. The number of phenolic OH excluding ortho intramolecular Hbond substituents is 2. The Balaban J connectivity index is 2.05. The minimum Gasteiger partial charge on any atom is -0.508 e.